The number of thiophene rings is 1. The molecule has 8 heteroatoms. The van der Waals surface area contributed by atoms with E-state index < -0.39 is 15.6 Å². The Kier molecular flexibility index (Phi) is 7.76. The number of hydrogen-bond acceptors (Lipinski definition) is 5. The lowest BCUT2D eigenvalue weighted by Crippen LogP contribution is -2.45. The number of nitrogens with zero attached hydrogens (tertiary/aromatic N) is 1. The number of nitrogens with one attached hydrogen (secondary N) is 1. The Morgan fingerprint density at radius 2 is 1.37 bits per heavy atom. The summed E-state index contributed by atoms with van der Waals surface area (Å²) in [4.78, 5) is 13.1. The molecule has 196 valence electrons. The molecule has 0 aliphatic carbocycles. The summed E-state index contributed by atoms with van der Waals surface area (Å²) in [5.41, 5.74) is 0.984. The van der Waals surface area contributed by atoms with Gasteiger partial charge in [-0.3, -0.25) is 4.79 Å². The Bertz CT molecular complexity index is 1420. The number of aliphatic hydroxyl groups is 1. The minimum atomic E-state index is -3.67. The highest BCUT2D eigenvalue weighted by Crippen LogP contribution is 2.42. The third-order valence-corrected chi connectivity index (χ3v) is 10.6. The van der Waals surface area contributed by atoms with Gasteiger partial charge >= 0.3 is 0 Å². The van der Waals surface area contributed by atoms with Gasteiger partial charge in [0, 0.05) is 23.5 Å². The van der Waals surface area contributed by atoms with Gasteiger partial charge in [0.1, 0.15) is 9.81 Å². The van der Waals surface area contributed by atoms with Gasteiger partial charge in [-0.15, -0.1) is 11.3 Å². The smallest absolute Gasteiger partial charge is 0.252 e. The number of amides is 1. The summed E-state index contributed by atoms with van der Waals surface area (Å²) in [5, 5.41) is 14.9. The predicted octanol–water partition coefficient (Wildman–Crippen LogP) is 5.01. The molecule has 0 saturated carbocycles. The van der Waals surface area contributed by atoms with Crippen LogP contribution < -0.4 is 5.32 Å². The van der Waals surface area contributed by atoms with E-state index in [1.165, 1.54) is 15.6 Å². The molecule has 4 aromatic rings. The molecule has 1 saturated heterocycles. The van der Waals surface area contributed by atoms with E-state index >= 15 is 0 Å². The van der Waals surface area contributed by atoms with Gasteiger partial charge in [0.25, 0.3) is 15.9 Å². The average Bonchev–Trinajstić information content (AvgIpc) is 3.47. The molecule has 2 N–H and O–H groups in total. The third-order valence-electron chi connectivity index (χ3n) is 7.16. The number of rotatable bonds is 8. The maximum absolute atomic E-state index is 13.4. The molecular formula is C30H30N2O4S2. The molecule has 0 spiro atoms. The molecule has 0 radical (unpaired) electrons. The van der Waals surface area contributed by atoms with Crippen molar-refractivity contribution in [1.82, 2.24) is 9.62 Å². The molecular weight excluding hydrogens is 516 g/mol. The Balaban J connectivity index is 1.27. The number of sulfonamides is 1. The number of hydrogen-bond donors (Lipinski definition) is 2. The van der Waals surface area contributed by atoms with Gasteiger partial charge in [-0.1, -0.05) is 78.9 Å². The van der Waals surface area contributed by atoms with Gasteiger partial charge in [0.05, 0.1) is 6.54 Å². The van der Waals surface area contributed by atoms with E-state index in [1.54, 1.807) is 36.4 Å². The van der Waals surface area contributed by atoms with E-state index in [1.807, 2.05) is 66.7 Å². The fourth-order valence-electron chi connectivity index (χ4n) is 5.11. The van der Waals surface area contributed by atoms with E-state index in [0.29, 0.717) is 31.5 Å². The molecule has 2 heterocycles. The van der Waals surface area contributed by atoms with Crippen LogP contribution in [0.5, 0.6) is 0 Å². The van der Waals surface area contributed by atoms with Crippen LogP contribution in [0.4, 0.5) is 0 Å². The van der Waals surface area contributed by atoms with Crippen LogP contribution in [-0.4, -0.2) is 36.8 Å². The summed E-state index contributed by atoms with van der Waals surface area (Å²) in [6, 6.07) is 31.5. The number of benzene rings is 3. The maximum atomic E-state index is 13.4. The van der Waals surface area contributed by atoms with E-state index in [-0.39, 0.29) is 22.6 Å². The molecule has 6 nitrogen and oxygen atoms in total. The maximum Gasteiger partial charge on any atom is 0.252 e. The van der Waals surface area contributed by atoms with Crippen molar-refractivity contribution < 1.29 is 18.3 Å². The van der Waals surface area contributed by atoms with Crippen molar-refractivity contribution in [2.75, 3.05) is 13.1 Å². The molecule has 1 aliphatic heterocycles. The number of piperidine rings is 1. The summed E-state index contributed by atoms with van der Waals surface area (Å²) < 4.78 is 28.7. The summed E-state index contributed by atoms with van der Waals surface area (Å²) >= 11 is 1.18. The van der Waals surface area contributed by atoms with Crippen molar-refractivity contribution in [3.8, 4) is 0 Å². The van der Waals surface area contributed by atoms with Gasteiger partial charge in [0.15, 0.2) is 0 Å². The second-order valence-corrected chi connectivity index (χ2v) is 12.8. The largest absolute Gasteiger partial charge is 0.380 e. The van der Waals surface area contributed by atoms with Gasteiger partial charge in [-0.05, 0) is 54.2 Å². The Morgan fingerprint density at radius 3 is 1.92 bits per heavy atom. The molecule has 0 unspecified atom stereocenters. The zero-order chi connectivity index (χ0) is 26.6. The van der Waals surface area contributed by atoms with Crippen LogP contribution in [0.1, 0.15) is 39.2 Å². The van der Waals surface area contributed by atoms with Crippen LogP contribution in [0.25, 0.3) is 0 Å². The molecule has 0 atom stereocenters. The second-order valence-electron chi connectivity index (χ2n) is 9.45. The average molecular weight is 547 g/mol. The van der Waals surface area contributed by atoms with Crippen molar-refractivity contribution in [3.05, 3.63) is 125 Å². The molecule has 1 amide bonds. The van der Waals surface area contributed by atoms with Crippen molar-refractivity contribution in [2.24, 2.45) is 5.92 Å². The molecule has 1 fully saturated rings. The minimum absolute atomic E-state index is 0.133. The predicted molar refractivity (Wildman–Crippen MR) is 149 cm³/mol. The first-order chi connectivity index (χ1) is 18.4. The highest BCUT2D eigenvalue weighted by atomic mass is 32.2. The van der Waals surface area contributed by atoms with Crippen LogP contribution >= 0.6 is 11.3 Å². The Morgan fingerprint density at radius 1 is 0.842 bits per heavy atom. The van der Waals surface area contributed by atoms with Crippen LogP contribution in [0.3, 0.4) is 0 Å². The number of carbonyl (C=O) groups excluding carboxylic acids is 1. The van der Waals surface area contributed by atoms with Crippen LogP contribution in [-0.2, 0) is 22.2 Å². The first-order valence-electron chi connectivity index (χ1n) is 12.6. The third kappa shape index (κ3) is 5.31. The van der Waals surface area contributed by atoms with Crippen molar-refractivity contribution in [1.29, 1.82) is 0 Å². The lowest BCUT2D eigenvalue weighted by Gasteiger charge is -2.41. The molecule has 1 aliphatic rings. The van der Waals surface area contributed by atoms with Crippen molar-refractivity contribution in [3.63, 3.8) is 0 Å². The Labute approximate surface area is 227 Å². The fourth-order valence-corrected chi connectivity index (χ4v) is 8.03. The molecule has 1 aromatic heterocycles. The lowest BCUT2D eigenvalue weighted by molar-refractivity contribution is -0.00529. The van der Waals surface area contributed by atoms with E-state index in [9.17, 15) is 18.3 Å². The zero-order valence-electron chi connectivity index (χ0n) is 20.9. The monoisotopic (exact) mass is 546 g/mol. The summed E-state index contributed by atoms with van der Waals surface area (Å²) in [6.45, 7) is 0.914. The van der Waals surface area contributed by atoms with Gasteiger partial charge in [0.2, 0.25) is 0 Å². The molecule has 5 rings (SSSR count). The first-order valence-corrected chi connectivity index (χ1v) is 14.9. The zero-order valence-corrected chi connectivity index (χ0v) is 22.5. The topological polar surface area (TPSA) is 86.7 Å². The van der Waals surface area contributed by atoms with Crippen LogP contribution in [0.2, 0.25) is 0 Å². The highest BCUT2D eigenvalue weighted by molar-refractivity contribution is 7.91. The van der Waals surface area contributed by atoms with Crippen LogP contribution in [0, 0.1) is 5.92 Å². The van der Waals surface area contributed by atoms with Crippen molar-refractivity contribution in [2.45, 2.75) is 29.2 Å². The molecule has 38 heavy (non-hydrogen) atoms. The lowest BCUT2D eigenvalue weighted by atomic mass is 9.72. The van der Waals surface area contributed by atoms with Gasteiger partial charge in [-0.2, -0.15) is 4.31 Å². The van der Waals surface area contributed by atoms with Crippen molar-refractivity contribution >= 4 is 27.3 Å². The Hall–Kier alpha value is -3.30. The van der Waals surface area contributed by atoms with Gasteiger partial charge in [-0.25, -0.2) is 8.42 Å². The van der Waals surface area contributed by atoms with E-state index in [0.717, 1.165) is 16.0 Å². The summed E-state index contributed by atoms with van der Waals surface area (Å²) in [5.74, 6) is -0.333. The normalized spacial score (nSPS) is 15.3. The van der Waals surface area contributed by atoms with Gasteiger partial charge < -0.3 is 10.4 Å². The highest BCUT2D eigenvalue weighted by Gasteiger charge is 2.43. The summed E-state index contributed by atoms with van der Waals surface area (Å²) in [6.07, 6.45) is 1.07. The molecule has 3 aromatic carbocycles. The van der Waals surface area contributed by atoms with Crippen LogP contribution in [0.15, 0.2) is 107 Å². The standard InChI is InChI=1S/C30H30N2O4S2/c33-29(23-10-4-1-5-11-23)31-22-27-16-17-28(37-27)38(35,36)32-20-18-26(19-21-32)30(34,24-12-6-2-7-13-24)25-14-8-3-9-15-25/h1-17,26,34H,18-22H2,(H,31,33). The summed E-state index contributed by atoms with van der Waals surface area (Å²) in [7, 11) is -3.67. The van der Waals surface area contributed by atoms with E-state index in [2.05, 4.69) is 5.32 Å². The first kappa shape index (κ1) is 26.3. The quantitative estimate of drug-likeness (QED) is 0.325. The van der Waals surface area contributed by atoms with E-state index in [4.69, 9.17) is 0 Å². The fraction of sp³-hybridized carbons (Fsp3) is 0.233. The minimum Gasteiger partial charge on any atom is -0.380 e. The number of carbonyl (C=O) groups is 1. The second kappa shape index (κ2) is 11.2. The SMILES string of the molecule is O=C(NCc1ccc(S(=O)(=O)N2CCC(C(O)(c3ccccc3)c3ccccc3)CC2)s1)c1ccccc1. The molecule has 0 bridgehead atoms.